The quantitative estimate of drug-likeness (QED) is 0.211. The van der Waals surface area contributed by atoms with Crippen LogP contribution in [-0.2, 0) is 0 Å². The van der Waals surface area contributed by atoms with Crippen molar-refractivity contribution >= 4 is 43.7 Å². The maximum Gasteiger partial charge on any atom is 0.0497 e. The first-order chi connectivity index (χ1) is 18.8. The van der Waals surface area contributed by atoms with Crippen LogP contribution in [-0.4, -0.2) is 6.54 Å². The van der Waals surface area contributed by atoms with Crippen molar-refractivity contribution in [1.82, 2.24) is 0 Å². The molecule has 0 aliphatic rings. The topological polar surface area (TPSA) is 3.24 Å². The number of anilines is 2. The van der Waals surface area contributed by atoms with Gasteiger partial charge in [0.25, 0.3) is 0 Å². The van der Waals surface area contributed by atoms with Crippen molar-refractivity contribution in [1.29, 1.82) is 0 Å². The Balaban J connectivity index is 1.49. The zero-order valence-corrected chi connectivity index (χ0v) is 21.5. The second-order valence-corrected chi connectivity index (χ2v) is 10.3. The summed E-state index contributed by atoms with van der Waals surface area (Å²) in [7, 11) is 0. The molecule has 0 aromatic heterocycles. The van der Waals surface area contributed by atoms with Gasteiger partial charge in [-0.3, -0.25) is 0 Å². The normalized spacial score (nSPS) is 11.6. The molecule has 0 unspecified atom stereocenters. The number of rotatable bonds is 6. The van der Waals surface area contributed by atoms with E-state index in [4.69, 9.17) is 0 Å². The first-order valence-corrected chi connectivity index (χ1v) is 13.4. The highest BCUT2D eigenvalue weighted by atomic mass is 15.1. The van der Waals surface area contributed by atoms with Crippen molar-refractivity contribution in [2.24, 2.45) is 0 Å². The van der Waals surface area contributed by atoms with E-state index in [0.29, 0.717) is 0 Å². The number of hydrogen-bond donors (Lipinski definition) is 0. The third-order valence-corrected chi connectivity index (χ3v) is 7.89. The van der Waals surface area contributed by atoms with Crippen LogP contribution in [0.25, 0.3) is 32.3 Å². The highest BCUT2D eigenvalue weighted by molar-refractivity contribution is 6.26. The molecular weight excluding hydrogens is 458 g/mol. The second-order valence-electron chi connectivity index (χ2n) is 10.3. The van der Waals surface area contributed by atoms with Gasteiger partial charge in [-0.25, -0.2) is 0 Å². The summed E-state index contributed by atoms with van der Waals surface area (Å²) in [6.45, 7) is 2.99. The molecule has 0 heterocycles. The molecule has 7 rings (SSSR count). The van der Waals surface area contributed by atoms with Gasteiger partial charge in [0, 0.05) is 29.2 Å². The van der Waals surface area contributed by atoms with Gasteiger partial charge in [-0.05, 0) is 63.2 Å². The summed E-state index contributed by atoms with van der Waals surface area (Å²) in [6, 6.07) is 51.2. The SMILES string of the molecule is Cc1ccc(N(CC(c2ccccc2)c2ccccc2)c2cc3cccc4ccc5cccc2c5c43)cc1. The van der Waals surface area contributed by atoms with Crippen LogP contribution in [0.4, 0.5) is 11.4 Å². The largest absolute Gasteiger partial charge is 0.340 e. The molecule has 0 N–H and O–H groups in total. The summed E-state index contributed by atoms with van der Waals surface area (Å²) in [6.07, 6.45) is 0. The van der Waals surface area contributed by atoms with Crippen LogP contribution in [0, 0.1) is 6.92 Å². The van der Waals surface area contributed by atoms with Crippen molar-refractivity contribution in [3.05, 3.63) is 156 Å². The summed E-state index contributed by atoms with van der Waals surface area (Å²) < 4.78 is 0. The van der Waals surface area contributed by atoms with E-state index in [1.807, 2.05) is 0 Å². The van der Waals surface area contributed by atoms with E-state index in [1.165, 1.54) is 60.4 Å². The predicted octanol–water partition coefficient (Wildman–Crippen LogP) is 9.86. The summed E-state index contributed by atoms with van der Waals surface area (Å²) in [5.41, 5.74) is 6.39. The number of nitrogens with zero attached hydrogens (tertiary/aromatic N) is 1. The molecule has 7 aromatic carbocycles. The minimum atomic E-state index is 0.215. The van der Waals surface area contributed by atoms with Gasteiger partial charge < -0.3 is 4.90 Å². The minimum Gasteiger partial charge on any atom is -0.340 e. The van der Waals surface area contributed by atoms with Gasteiger partial charge in [-0.15, -0.1) is 0 Å². The maximum absolute atomic E-state index is 2.54. The summed E-state index contributed by atoms with van der Waals surface area (Å²) in [4.78, 5) is 2.54. The van der Waals surface area contributed by atoms with Crippen LogP contribution in [0.1, 0.15) is 22.6 Å². The summed E-state index contributed by atoms with van der Waals surface area (Å²) in [5.74, 6) is 0.215. The molecule has 38 heavy (non-hydrogen) atoms. The predicted molar refractivity (Wildman–Crippen MR) is 163 cm³/mol. The molecule has 0 atom stereocenters. The lowest BCUT2D eigenvalue weighted by Gasteiger charge is -2.32. The van der Waals surface area contributed by atoms with Gasteiger partial charge in [-0.1, -0.05) is 127 Å². The van der Waals surface area contributed by atoms with E-state index in [9.17, 15) is 0 Å². The molecule has 0 saturated carbocycles. The minimum absolute atomic E-state index is 0.215. The smallest absolute Gasteiger partial charge is 0.0497 e. The third kappa shape index (κ3) is 3.88. The molecule has 0 amide bonds. The number of benzene rings is 7. The highest BCUT2D eigenvalue weighted by Crippen LogP contribution is 2.43. The maximum atomic E-state index is 2.54. The Morgan fingerprint density at radius 2 is 1.11 bits per heavy atom. The van der Waals surface area contributed by atoms with Crippen LogP contribution in [0.15, 0.2) is 140 Å². The molecule has 0 spiro atoms. The fourth-order valence-electron chi connectivity index (χ4n) is 5.99. The standard InChI is InChI=1S/C37H29N/c1-26-18-22-32(23-19-26)38(25-34(27-10-4-2-5-11-27)28-12-6-3-7-13-28)35-24-31-16-8-14-29-20-21-30-15-9-17-33(35)37(30)36(29)31/h2-24,34H,25H2,1H3. The lowest BCUT2D eigenvalue weighted by molar-refractivity contribution is 0.794. The van der Waals surface area contributed by atoms with Crippen LogP contribution < -0.4 is 4.90 Å². The van der Waals surface area contributed by atoms with E-state index < -0.39 is 0 Å². The first-order valence-electron chi connectivity index (χ1n) is 13.4. The molecule has 0 aliphatic heterocycles. The fraction of sp³-hybridized carbons (Fsp3) is 0.0811. The van der Waals surface area contributed by atoms with Gasteiger partial charge in [0.15, 0.2) is 0 Å². The van der Waals surface area contributed by atoms with Gasteiger partial charge >= 0.3 is 0 Å². The third-order valence-electron chi connectivity index (χ3n) is 7.89. The van der Waals surface area contributed by atoms with Crippen molar-refractivity contribution < 1.29 is 0 Å². The van der Waals surface area contributed by atoms with E-state index >= 15 is 0 Å². The monoisotopic (exact) mass is 487 g/mol. The first kappa shape index (κ1) is 22.6. The lowest BCUT2D eigenvalue weighted by Crippen LogP contribution is -2.25. The van der Waals surface area contributed by atoms with E-state index in [2.05, 4.69) is 151 Å². The Labute approximate surface area is 223 Å². The van der Waals surface area contributed by atoms with Crippen molar-refractivity contribution in [3.63, 3.8) is 0 Å². The molecule has 0 fully saturated rings. The second kappa shape index (κ2) is 9.36. The molecular formula is C37H29N. The van der Waals surface area contributed by atoms with Crippen LogP contribution in [0.5, 0.6) is 0 Å². The Hall–Kier alpha value is -4.62. The summed E-state index contributed by atoms with van der Waals surface area (Å²) >= 11 is 0. The van der Waals surface area contributed by atoms with Crippen LogP contribution in [0.3, 0.4) is 0 Å². The fourth-order valence-corrected chi connectivity index (χ4v) is 5.99. The Morgan fingerprint density at radius 3 is 1.76 bits per heavy atom. The van der Waals surface area contributed by atoms with Crippen molar-refractivity contribution in [2.45, 2.75) is 12.8 Å². The van der Waals surface area contributed by atoms with Gasteiger partial charge in [-0.2, -0.15) is 0 Å². The van der Waals surface area contributed by atoms with E-state index in [1.54, 1.807) is 0 Å². The van der Waals surface area contributed by atoms with Crippen LogP contribution in [0.2, 0.25) is 0 Å². The van der Waals surface area contributed by atoms with E-state index in [-0.39, 0.29) is 5.92 Å². The van der Waals surface area contributed by atoms with Gasteiger partial charge in [0.2, 0.25) is 0 Å². The van der Waals surface area contributed by atoms with Crippen molar-refractivity contribution in [3.8, 4) is 0 Å². The zero-order chi connectivity index (χ0) is 25.5. The average Bonchev–Trinajstić information content (AvgIpc) is 2.98. The lowest BCUT2D eigenvalue weighted by atomic mass is 9.89. The molecule has 0 bridgehead atoms. The van der Waals surface area contributed by atoms with Crippen molar-refractivity contribution in [2.75, 3.05) is 11.4 Å². The Bertz CT molecular complexity index is 1800. The van der Waals surface area contributed by atoms with Gasteiger partial charge in [0.05, 0.1) is 0 Å². The summed E-state index contributed by atoms with van der Waals surface area (Å²) in [5, 5.41) is 7.88. The molecule has 0 aliphatic carbocycles. The van der Waals surface area contributed by atoms with Crippen LogP contribution >= 0.6 is 0 Å². The van der Waals surface area contributed by atoms with Gasteiger partial charge in [0.1, 0.15) is 0 Å². The Kier molecular flexibility index (Phi) is 5.56. The van der Waals surface area contributed by atoms with E-state index in [0.717, 1.165) is 6.54 Å². The number of hydrogen-bond acceptors (Lipinski definition) is 1. The molecule has 7 aromatic rings. The molecule has 0 saturated heterocycles. The number of aryl methyl sites for hydroxylation is 1. The molecule has 182 valence electrons. The highest BCUT2D eigenvalue weighted by Gasteiger charge is 2.23. The average molecular weight is 488 g/mol. The molecule has 1 heteroatoms. The zero-order valence-electron chi connectivity index (χ0n) is 21.5. The molecule has 0 radical (unpaired) electrons. The molecule has 1 nitrogen and oxygen atoms in total. The Morgan fingerprint density at radius 1 is 0.526 bits per heavy atom.